The van der Waals surface area contributed by atoms with Gasteiger partial charge in [0.05, 0.1) is 18.6 Å². The van der Waals surface area contributed by atoms with Crippen molar-refractivity contribution in [2.24, 2.45) is 11.8 Å². The summed E-state index contributed by atoms with van der Waals surface area (Å²) in [4.78, 5) is 4.43. The van der Waals surface area contributed by atoms with Crippen LogP contribution < -0.4 is 4.74 Å². The van der Waals surface area contributed by atoms with E-state index in [9.17, 15) is 9.65 Å². The first-order valence-corrected chi connectivity index (χ1v) is 11.1. The van der Waals surface area contributed by atoms with E-state index < -0.39 is 17.5 Å². The molecule has 1 fully saturated rings. The van der Waals surface area contributed by atoms with Crippen molar-refractivity contribution in [3.8, 4) is 23.3 Å². The van der Waals surface area contributed by atoms with Crippen molar-refractivity contribution in [2.45, 2.75) is 51.1 Å². The zero-order valence-corrected chi connectivity index (χ0v) is 19.5. The minimum Gasteiger partial charge on any atom is -0.494 e. The summed E-state index contributed by atoms with van der Waals surface area (Å²) in [6.07, 6.45) is 0.241. The lowest BCUT2D eigenvalue weighted by Crippen LogP contribution is -2.53. The molecule has 2 aromatic carbocycles. The molecule has 4 nitrogen and oxygen atoms in total. The highest BCUT2D eigenvalue weighted by molar-refractivity contribution is 6.36. The van der Waals surface area contributed by atoms with Crippen LogP contribution in [-0.2, 0) is 0 Å². The standard InChI is InChI=1S/C25H24ClF3N2O2/c1-13(2)17-9-10-24(3,27)25(28,29)19(17)14-5-7-15(8-6-14)23-31-21-18(32-4)11-16(12-30)20(26)22(21)33-23/h5-8,11,13,17,19H,9-10H2,1-4H3. The van der Waals surface area contributed by atoms with Gasteiger partial charge in [0.2, 0.25) is 5.89 Å². The highest BCUT2D eigenvalue weighted by Gasteiger charge is 2.62. The Balaban J connectivity index is 1.76. The number of alkyl halides is 3. The molecule has 3 aromatic rings. The monoisotopic (exact) mass is 476 g/mol. The van der Waals surface area contributed by atoms with Gasteiger partial charge in [0, 0.05) is 11.6 Å². The summed E-state index contributed by atoms with van der Waals surface area (Å²) in [5.41, 5.74) is -0.897. The number of hydrogen-bond donors (Lipinski definition) is 0. The first-order chi connectivity index (χ1) is 15.5. The number of nitriles is 1. The largest absolute Gasteiger partial charge is 0.494 e. The molecule has 1 aliphatic rings. The summed E-state index contributed by atoms with van der Waals surface area (Å²) in [6, 6.07) is 9.88. The van der Waals surface area contributed by atoms with Crippen molar-refractivity contribution in [3.63, 3.8) is 0 Å². The summed E-state index contributed by atoms with van der Waals surface area (Å²) >= 11 is 6.27. The maximum absolute atomic E-state index is 15.2. The van der Waals surface area contributed by atoms with Gasteiger partial charge in [-0.05, 0) is 49.3 Å². The first-order valence-electron chi connectivity index (χ1n) is 10.8. The van der Waals surface area contributed by atoms with Gasteiger partial charge in [0.25, 0.3) is 5.92 Å². The highest BCUT2D eigenvalue weighted by atomic mass is 35.5. The molecule has 0 spiro atoms. The Hall–Kier alpha value is -2.72. The van der Waals surface area contributed by atoms with Crippen LogP contribution in [0.25, 0.3) is 22.6 Å². The molecule has 3 atom stereocenters. The SMILES string of the molecule is COc1cc(C#N)c(Cl)c2oc(-c3ccc(C4C(C(C)C)CCC(C)(F)C4(F)F)cc3)nc12. The lowest BCUT2D eigenvalue weighted by molar-refractivity contribution is -0.186. The fourth-order valence-electron chi connectivity index (χ4n) is 4.75. The van der Waals surface area contributed by atoms with Crippen LogP contribution in [0.15, 0.2) is 34.7 Å². The van der Waals surface area contributed by atoms with Crippen molar-refractivity contribution in [1.82, 2.24) is 4.98 Å². The Morgan fingerprint density at radius 1 is 1.24 bits per heavy atom. The molecular formula is C25H24ClF3N2O2. The van der Waals surface area contributed by atoms with Crippen LogP contribution in [0.2, 0.25) is 5.02 Å². The van der Waals surface area contributed by atoms with Gasteiger partial charge in [0.1, 0.15) is 16.8 Å². The molecule has 1 heterocycles. The van der Waals surface area contributed by atoms with Gasteiger partial charge in [-0.25, -0.2) is 18.2 Å². The molecule has 4 rings (SSSR count). The molecule has 0 bridgehead atoms. The molecule has 0 amide bonds. The third kappa shape index (κ3) is 3.74. The first kappa shape index (κ1) is 23.4. The van der Waals surface area contributed by atoms with E-state index in [0.29, 0.717) is 28.8 Å². The average molecular weight is 477 g/mol. The maximum Gasteiger partial charge on any atom is 0.288 e. The Morgan fingerprint density at radius 3 is 2.48 bits per heavy atom. The van der Waals surface area contributed by atoms with Crippen LogP contribution in [-0.4, -0.2) is 23.7 Å². The van der Waals surface area contributed by atoms with Crippen molar-refractivity contribution < 1.29 is 22.3 Å². The Bertz CT molecular complexity index is 1230. The zero-order valence-electron chi connectivity index (χ0n) is 18.8. The Morgan fingerprint density at radius 2 is 1.91 bits per heavy atom. The number of benzene rings is 2. The van der Waals surface area contributed by atoms with E-state index >= 15 is 8.78 Å². The van der Waals surface area contributed by atoms with Crippen molar-refractivity contribution >= 4 is 22.7 Å². The third-order valence-electron chi connectivity index (χ3n) is 6.75. The van der Waals surface area contributed by atoms with Gasteiger partial charge in [0.15, 0.2) is 16.8 Å². The molecule has 174 valence electrons. The molecule has 0 aliphatic heterocycles. The molecule has 8 heteroatoms. The number of fused-ring (bicyclic) bond motifs is 1. The second-order valence-electron chi connectivity index (χ2n) is 9.12. The van der Waals surface area contributed by atoms with Crippen molar-refractivity contribution in [1.29, 1.82) is 5.26 Å². The van der Waals surface area contributed by atoms with Gasteiger partial charge in [-0.15, -0.1) is 0 Å². The number of aromatic nitrogens is 1. The highest BCUT2D eigenvalue weighted by Crippen LogP contribution is 2.56. The lowest BCUT2D eigenvalue weighted by Gasteiger charge is -2.46. The molecule has 1 saturated carbocycles. The number of ether oxygens (including phenoxy) is 1. The van der Waals surface area contributed by atoms with E-state index in [-0.39, 0.29) is 40.3 Å². The predicted octanol–water partition coefficient (Wildman–Crippen LogP) is 7.54. The summed E-state index contributed by atoms with van der Waals surface area (Å²) < 4.78 is 56.4. The average Bonchev–Trinajstić information content (AvgIpc) is 3.22. The van der Waals surface area contributed by atoms with E-state index in [2.05, 4.69) is 4.98 Å². The topological polar surface area (TPSA) is 59.0 Å². The molecule has 0 radical (unpaired) electrons. The van der Waals surface area contributed by atoms with Crippen LogP contribution in [0.4, 0.5) is 13.2 Å². The third-order valence-corrected chi connectivity index (χ3v) is 7.12. The maximum atomic E-state index is 15.2. The Labute approximate surface area is 195 Å². The number of nitrogens with zero attached hydrogens (tertiary/aromatic N) is 2. The summed E-state index contributed by atoms with van der Waals surface area (Å²) in [6.45, 7) is 4.79. The number of halogens is 4. The summed E-state index contributed by atoms with van der Waals surface area (Å²) in [7, 11) is 1.45. The molecule has 0 saturated heterocycles. The normalized spacial score (nSPS) is 24.7. The number of rotatable bonds is 4. The molecule has 33 heavy (non-hydrogen) atoms. The summed E-state index contributed by atoms with van der Waals surface area (Å²) in [5.74, 6) is -4.54. The van der Waals surface area contributed by atoms with Gasteiger partial charge >= 0.3 is 0 Å². The minimum absolute atomic E-state index is 0.0161. The quantitative estimate of drug-likeness (QED) is 0.390. The van der Waals surface area contributed by atoms with E-state index in [0.717, 1.165) is 6.92 Å². The summed E-state index contributed by atoms with van der Waals surface area (Å²) in [5, 5.41) is 9.39. The van der Waals surface area contributed by atoms with Crippen LogP contribution in [0.1, 0.15) is 50.7 Å². The van der Waals surface area contributed by atoms with Crippen molar-refractivity contribution in [2.75, 3.05) is 7.11 Å². The van der Waals surface area contributed by atoms with Gasteiger partial charge < -0.3 is 9.15 Å². The van der Waals surface area contributed by atoms with Crippen LogP contribution in [0, 0.1) is 23.2 Å². The van der Waals surface area contributed by atoms with E-state index in [4.69, 9.17) is 20.8 Å². The van der Waals surface area contributed by atoms with E-state index in [1.807, 2.05) is 19.9 Å². The second-order valence-corrected chi connectivity index (χ2v) is 9.49. The minimum atomic E-state index is -3.49. The molecule has 1 aromatic heterocycles. The number of methoxy groups -OCH3 is 1. The zero-order chi connectivity index (χ0) is 24.1. The fourth-order valence-corrected chi connectivity index (χ4v) is 4.98. The fraction of sp³-hybridized carbons (Fsp3) is 0.440. The number of hydrogen-bond acceptors (Lipinski definition) is 4. The van der Waals surface area contributed by atoms with Crippen LogP contribution in [0.5, 0.6) is 5.75 Å². The second kappa shape index (κ2) is 8.25. The molecule has 3 unspecified atom stereocenters. The van der Waals surface area contributed by atoms with Gasteiger partial charge in [-0.1, -0.05) is 37.6 Å². The predicted molar refractivity (Wildman–Crippen MR) is 120 cm³/mol. The number of oxazole rings is 1. The molecule has 0 N–H and O–H groups in total. The smallest absolute Gasteiger partial charge is 0.288 e. The van der Waals surface area contributed by atoms with Crippen molar-refractivity contribution in [3.05, 3.63) is 46.5 Å². The lowest BCUT2D eigenvalue weighted by atomic mass is 9.64. The molecule has 1 aliphatic carbocycles. The van der Waals surface area contributed by atoms with Gasteiger partial charge in [-0.2, -0.15) is 5.26 Å². The van der Waals surface area contributed by atoms with Crippen LogP contribution in [0.3, 0.4) is 0 Å². The van der Waals surface area contributed by atoms with Gasteiger partial charge in [-0.3, -0.25) is 0 Å². The van der Waals surface area contributed by atoms with Crippen LogP contribution >= 0.6 is 11.6 Å². The van der Waals surface area contributed by atoms with E-state index in [1.54, 1.807) is 24.3 Å². The molecular weight excluding hydrogens is 453 g/mol. The van der Waals surface area contributed by atoms with E-state index in [1.165, 1.54) is 13.2 Å². The Kier molecular flexibility index (Phi) is 5.86.